The third-order valence-corrected chi connectivity index (χ3v) is 2.71. The maximum absolute atomic E-state index is 13.1. The van der Waals surface area contributed by atoms with Gasteiger partial charge >= 0.3 is 6.36 Å². The van der Waals surface area contributed by atoms with Crippen LogP contribution in [0.3, 0.4) is 0 Å². The molecule has 0 bridgehead atoms. The van der Waals surface area contributed by atoms with Crippen LogP contribution < -0.4 is 10.1 Å². The van der Waals surface area contributed by atoms with Crippen molar-refractivity contribution in [1.29, 1.82) is 0 Å². The van der Waals surface area contributed by atoms with Gasteiger partial charge in [0.25, 0.3) is 0 Å². The highest BCUT2D eigenvalue weighted by molar-refractivity contribution is 5.57. The van der Waals surface area contributed by atoms with Crippen LogP contribution in [-0.2, 0) is 0 Å². The summed E-state index contributed by atoms with van der Waals surface area (Å²) in [7, 11) is 0. The lowest BCUT2D eigenvalue weighted by Gasteiger charge is -2.19. The molecule has 0 amide bonds. The van der Waals surface area contributed by atoms with Gasteiger partial charge in [0.15, 0.2) is 5.75 Å². The lowest BCUT2D eigenvalue weighted by molar-refractivity contribution is -0.274. The van der Waals surface area contributed by atoms with Gasteiger partial charge in [-0.3, -0.25) is 4.98 Å². The third-order valence-electron chi connectivity index (χ3n) is 2.71. The summed E-state index contributed by atoms with van der Waals surface area (Å²) in [6.07, 6.45) is -2.29. The van der Waals surface area contributed by atoms with Crippen molar-refractivity contribution in [2.75, 3.05) is 5.32 Å². The van der Waals surface area contributed by atoms with Crippen LogP contribution in [0.4, 0.5) is 23.2 Å². The van der Waals surface area contributed by atoms with Gasteiger partial charge in [0, 0.05) is 6.20 Å². The Kier molecular flexibility index (Phi) is 4.30. The molecule has 1 heterocycles. The van der Waals surface area contributed by atoms with E-state index >= 15 is 0 Å². The van der Waals surface area contributed by atoms with E-state index in [4.69, 9.17) is 0 Å². The molecule has 21 heavy (non-hydrogen) atoms. The van der Waals surface area contributed by atoms with Crippen LogP contribution in [0.25, 0.3) is 0 Å². The summed E-state index contributed by atoms with van der Waals surface area (Å²) in [5, 5.41) is 2.84. The highest BCUT2D eigenvalue weighted by Gasteiger charge is 2.32. The van der Waals surface area contributed by atoms with Gasteiger partial charge in [0.05, 0.1) is 17.9 Å². The molecule has 1 unspecified atom stereocenters. The molecule has 0 spiro atoms. The Bertz CT molecular complexity index is 616. The standard InChI is InChI=1S/C14H12F4N2O/c1-9(10-6-11(15)8-19-7-10)20-12-4-2-3-5-13(12)21-14(16,17)18/h2-9,20H,1H3. The topological polar surface area (TPSA) is 34.1 Å². The number of anilines is 1. The number of aromatic nitrogens is 1. The Balaban J connectivity index is 2.19. The molecule has 0 saturated heterocycles. The molecule has 0 fully saturated rings. The van der Waals surface area contributed by atoms with E-state index in [1.54, 1.807) is 13.0 Å². The molecule has 0 aliphatic rings. The number of alkyl halides is 3. The van der Waals surface area contributed by atoms with Gasteiger partial charge in [0.1, 0.15) is 5.82 Å². The van der Waals surface area contributed by atoms with Crippen molar-refractivity contribution < 1.29 is 22.3 Å². The zero-order chi connectivity index (χ0) is 15.5. The number of hydrogen-bond donors (Lipinski definition) is 1. The number of hydrogen-bond acceptors (Lipinski definition) is 3. The Morgan fingerprint density at radius 1 is 1.19 bits per heavy atom. The monoisotopic (exact) mass is 300 g/mol. The van der Waals surface area contributed by atoms with E-state index in [1.807, 2.05) is 0 Å². The minimum absolute atomic E-state index is 0.159. The number of rotatable bonds is 4. The number of halogens is 4. The minimum atomic E-state index is -4.78. The molecule has 0 aliphatic heterocycles. The van der Waals surface area contributed by atoms with Gasteiger partial charge in [-0.05, 0) is 30.7 Å². The highest BCUT2D eigenvalue weighted by atomic mass is 19.4. The second kappa shape index (κ2) is 5.99. The molecule has 1 aromatic carbocycles. The first-order chi connectivity index (χ1) is 9.85. The third kappa shape index (κ3) is 4.34. The fourth-order valence-corrected chi connectivity index (χ4v) is 1.78. The van der Waals surface area contributed by atoms with Crippen LogP contribution in [-0.4, -0.2) is 11.3 Å². The molecule has 0 saturated carbocycles. The molecule has 0 radical (unpaired) electrons. The van der Waals surface area contributed by atoms with Gasteiger partial charge in [-0.1, -0.05) is 12.1 Å². The Morgan fingerprint density at radius 3 is 2.57 bits per heavy atom. The maximum Gasteiger partial charge on any atom is 0.573 e. The number of nitrogens with zero attached hydrogens (tertiary/aromatic N) is 1. The smallest absolute Gasteiger partial charge is 0.404 e. The summed E-state index contributed by atoms with van der Waals surface area (Å²) in [5.74, 6) is -0.859. The molecule has 2 aromatic rings. The van der Waals surface area contributed by atoms with Crippen LogP contribution >= 0.6 is 0 Å². The van der Waals surface area contributed by atoms with Crippen molar-refractivity contribution in [1.82, 2.24) is 4.98 Å². The van der Waals surface area contributed by atoms with E-state index < -0.39 is 18.2 Å². The SMILES string of the molecule is CC(Nc1ccccc1OC(F)(F)F)c1cncc(F)c1. The second-order valence-corrected chi connectivity index (χ2v) is 4.35. The summed E-state index contributed by atoms with van der Waals surface area (Å²) >= 11 is 0. The van der Waals surface area contributed by atoms with Gasteiger partial charge in [-0.2, -0.15) is 0 Å². The largest absolute Gasteiger partial charge is 0.573 e. The van der Waals surface area contributed by atoms with Crippen molar-refractivity contribution >= 4 is 5.69 Å². The van der Waals surface area contributed by atoms with Crippen LogP contribution in [0, 0.1) is 5.82 Å². The first-order valence-corrected chi connectivity index (χ1v) is 6.07. The van der Waals surface area contributed by atoms with Gasteiger partial charge in [0.2, 0.25) is 0 Å². The molecule has 7 heteroatoms. The van der Waals surface area contributed by atoms with Crippen LogP contribution in [0.2, 0.25) is 0 Å². The lowest BCUT2D eigenvalue weighted by atomic mass is 10.1. The van der Waals surface area contributed by atoms with Crippen LogP contribution in [0.5, 0.6) is 5.75 Å². The predicted molar refractivity (Wildman–Crippen MR) is 69.4 cm³/mol. The molecular weight excluding hydrogens is 288 g/mol. The van der Waals surface area contributed by atoms with E-state index in [-0.39, 0.29) is 11.4 Å². The van der Waals surface area contributed by atoms with E-state index in [2.05, 4.69) is 15.0 Å². The summed E-state index contributed by atoms with van der Waals surface area (Å²) in [4.78, 5) is 3.70. The molecule has 112 valence electrons. The number of para-hydroxylation sites is 2. The first-order valence-electron chi connectivity index (χ1n) is 6.07. The number of nitrogens with one attached hydrogen (secondary N) is 1. The number of ether oxygens (including phenoxy) is 1. The summed E-state index contributed by atoms with van der Waals surface area (Å²) in [6, 6.07) is 6.48. The van der Waals surface area contributed by atoms with Crippen LogP contribution in [0.15, 0.2) is 42.7 Å². The Hall–Kier alpha value is -2.31. The molecule has 1 aromatic heterocycles. The summed E-state index contributed by atoms with van der Waals surface area (Å²) in [6.45, 7) is 1.68. The van der Waals surface area contributed by atoms with Gasteiger partial charge in [-0.25, -0.2) is 4.39 Å². The maximum atomic E-state index is 13.1. The molecule has 2 rings (SSSR count). The molecular formula is C14H12F4N2O. The number of benzene rings is 1. The fraction of sp³-hybridized carbons (Fsp3) is 0.214. The molecule has 0 aliphatic carbocycles. The number of pyridine rings is 1. The molecule has 1 atom stereocenters. The van der Waals surface area contributed by atoms with E-state index in [0.29, 0.717) is 5.56 Å². The molecule has 1 N–H and O–H groups in total. The normalized spacial score (nSPS) is 12.8. The fourth-order valence-electron chi connectivity index (χ4n) is 1.78. The van der Waals surface area contributed by atoms with Crippen molar-refractivity contribution in [2.45, 2.75) is 19.3 Å². The van der Waals surface area contributed by atoms with Gasteiger partial charge < -0.3 is 10.1 Å². The Labute approximate surface area is 118 Å². The van der Waals surface area contributed by atoms with E-state index in [1.165, 1.54) is 30.5 Å². The average molecular weight is 300 g/mol. The van der Waals surface area contributed by atoms with Crippen molar-refractivity contribution in [2.24, 2.45) is 0 Å². The van der Waals surface area contributed by atoms with Crippen molar-refractivity contribution in [3.8, 4) is 5.75 Å². The summed E-state index contributed by atoms with van der Waals surface area (Å²) < 4.78 is 54.0. The zero-order valence-electron chi connectivity index (χ0n) is 11.0. The predicted octanol–water partition coefficient (Wildman–Crippen LogP) is 4.29. The van der Waals surface area contributed by atoms with Crippen molar-refractivity contribution in [3.05, 3.63) is 54.1 Å². The summed E-state index contributed by atoms with van der Waals surface area (Å²) in [5.41, 5.74) is 0.670. The second-order valence-electron chi connectivity index (χ2n) is 4.35. The van der Waals surface area contributed by atoms with Crippen LogP contribution in [0.1, 0.15) is 18.5 Å². The van der Waals surface area contributed by atoms with Gasteiger partial charge in [-0.15, -0.1) is 13.2 Å². The minimum Gasteiger partial charge on any atom is -0.404 e. The molecule has 3 nitrogen and oxygen atoms in total. The quantitative estimate of drug-likeness (QED) is 0.855. The lowest BCUT2D eigenvalue weighted by Crippen LogP contribution is -2.18. The van der Waals surface area contributed by atoms with E-state index in [9.17, 15) is 17.6 Å². The zero-order valence-corrected chi connectivity index (χ0v) is 11.0. The average Bonchev–Trinajstić information content (AvgIpc) is 2.39. The Morgan fingerprint density at radius 2 is 1.90 bits per heavy atom. The van der Waals surface area contributed by atoms with E-state index in [0.717, 1.165) is 6.20 Å². The first kappa shape index (κ1) is 15.1. The van der Waals surface area contributed by atoms with Crippen molar-refractivity contribution in [3.63, 3.8) is 0 Å². The highest BCUT2D eigenvalue weighted by Crippen LogP contribution is 2.32.